The molecule has 1 aliphatic carbocycles. The van der Waals surface area contributed by atoms with Crippen molar-refractivity contribution in [3.05, 3.63) is 75.4 Å². The second-order valence-corrected chi connectivity index (χ2v) is 10.6. The van der Waals surface area contributed by atoms with Gasteiger partial charge >= 0.3 is 12.1 Å². The van der Waals surface area contributed by atoms with Gasteiger partial charge in [0.15, 0.2) is 0 Å². The summed E-state index contributed by atoms with van der Waals surface area (Å²) in [5, 5.41) is 21.1. The van der Waals surface area contributed by atoms with Crippen molar-refractivity contribution >= 4 is 34.8 Å². The number of aromatic nitrogens is 1. The summed E-state index contributed by atoms with van der Waals surface area (Å²) in [5.74, 6) is 0.237. The summed E-state index contributed by atoms with van der Waals surface area (Å²) in [6.07, 6.45) is 4.49. The maximum absolute atomic E-state index is 12.3. The van der Waals surface area contributed by atoms with Crippen molar-refractivity contribution in [1.29, 1.82) is 0 Å². The van der Waals surface area contributed by atoms with Crippen LogP contribution in [0.4, 0.5) is 21.0 Å². The first-order valence-corrected chi connectivity index (χ1v) is 13.4. The van der Waals surface area contributed by atoms with Crippen LogP contribution in [0.5, 0.6) is 0 Å². The van der Waals surface area contributed by atoms with Gasteiger partial charge in [0.25, 0.3) is 5.69 Å². The number of carbonyl (C=O) groups is 2. The van der Waals surface area contributed by atoms with Gasteiger partial charge in [-0.05, 0) is 57.2 Å². The Bertz CT molecular complexity index is 1270. The standard InChI is InChI=1S/C27H31N5O5S/c1-17(2)37-27(34)31-20-10-8-19(9-11-20)25-28-16-24(38-25)22-13-12-21(14-23(22)32(35)36)30-26(33)29-15-18-6-4-3-5-7-18/h3-7,12-14,16-17,19-20H,8-11,15H2,1-2H3,(H,31,34)(H2,29,30,33)/t19-,20-. The lowest BCUT2D eigenvalue weighted by atomic mass is 9.86. The zero-order valence-corrected chi connectivity index (χ0v) is 22.1. The highest BCUT2D eigenvalue weighted by atomic mass is 32.1. The average molecular weight is 538 g/mol. The molecule has 3 amide bonds. The summed E-state index contributed by atoms with van der Waals surface area (Å²) in [6, 6.07) is 13.7. The minimum Gasteiger partial charge on any atom is -0.447 e. The molecular formula is C27H31N5O5S. The van der Waals surface area contributed by atoms with E-state index >= 15 is 0 Å². The van der Waals surface area contributed by atoms with Crippen LogP contribution >= 0.6 is 11.3 Å². The maximum atomic E-state index is 12.3. The number of ether oxygens (including phenoxy) is 1. The molecule has 200 valence electrons. The van der Waals surface area contributed by atoms with Crippen molar-refractivity contribution in [2.45, 2.75) is 64.1 Å². The third-order valence-corrected chi connectivity index (χ3v) is 7.47. The lowest BCUT2D eigenvalue weighted by Crippen LogP contribution is -2.38. The molecule has 1 aliphatic rings. The molecule has 3 aromatic rings. The quantitative estimate of drug-likeness (QED) is 0.231. The summed E-state index contributed by atoms with van der Waals surface area (Å²) in [6.45, 7) is 3.97. The monoisotopic (exact) mass is 537 g/mol. The number of hydrogen-bond donors (Lipinski definition) is 3. The fourth-order valence-corrected chi connectivity index (χ4v) is 5.54. The van der Waals surface area contributed by atoms with Gasteiger partial charge in [0.2, 0.25) is 0 Å². The first-order chi connectivity index (χ1) is 18.3. The molecule has 10 nitrogen and oxygen atoms in total. The molecule has 0 unspecified atom stereocenters. The van der Waals surface area contributed by atoms with Crippen LogP contribution in [0.3, 0.4) is 0 Å². The number of nitrogens with one attached hydrogen (secondary N) is 3. The minimum atomic E-state index is -0.450. The molecule has 0 aliphatic heterocycles. The van der Waals surface area contributed by atoms with Gasteiger partial charge in [-0.1, -0.05) is 30.3 Å². The van der Waals surface area contributed by atoms with E-state index in [1.54, 1.807) is 18.3 Å². The van der Waals surface area contributed by atoms with Crippen LogP contribution in [-0.2, 0) is 11.3 Å². The number of rotatable bonds is 8. The van der Waals surface area contributed by atoms with Gasteiger partial charge in [-0.3, -0.25) is 10.1 Å². The number of thiazole rings is 1. The highest BCUT2D eigenvalue weighted by Crippen LogP contribution is 2.40. The lowest BCUT2D eigenvalue weighted by Gasteiger charge is -2.28. The van der Waals surface area contributed by atoms with E-state index in [0.717, 1.165) is 36.3 Å². The van der Waals surface area contributed by atoms with E-state index in [1.165, 1.54) is 17.4 Å². The van der Waals surface area contributed by atoms with Gasteiger partial charge in [-0.15, -0.1) is 11.3 Å². The summed E-state index contributed by atoms with van der Waals surface area (Å²) in [4.78, 5) is 40.9. The number of nitro benzene ring substituents is 1. The third kappa shape index (κ3) is 7.28. The molecule has 0 saturated heterocycles. The Balaban J connectivity index is 1.37. The molecule has 1 aromatic heterocycles. The van der Waals surface area contributed by atoms with E-state index in [-0.39, 0.29) is 29.8 Å². The normalized spacial score (nSPS) is 17.0. The van der Waals surface area contributed by atoms with E-state index in [9.17, 15) is 19.7 Å². The molecular weight excluding hydrogens is 506 g/mol. The highest BCUT2D eigenvalue weighted by Gasteiger charge is 2.27. The number of benzene rings is 2. The summed E-state index contributed by atoms with van der Waals surface area (Å²) in [7, 11) is 0. The molecule has 3 N–H and O–H groups in total. The Labute approximate surface area is 225 Å². The number of hydrogen-bond acceptors (Lipinski definition) is 7. The minimum absolute atomic E-state index is 0.0722. The Morgan fingerprint density at radius 3 is 2.55 bits per heavy atom. The van der Waals surface area contributed by atoms with Crippen LogP contribution in [0.15, 0.2) is 54.7 Å². The highest BCUT2D eigenvalue weighted by molar-refractivity contribution is 7.15. The largest absolute Gasteiger partial charge is 0.447 e. The fourth-order valence-electron chi connectivity index (χ4n) is 4.42. The first-order valence-electron chi connectivity index (χ1n) is 12.6. The smallest absolute Gasteiger partial charge is 0.407 e. The Hall–Kier alpha value is -3.99. The van der Waals surface area contributed by atoms with Crippen LogP contribution in [0.25, 0.3) is 10.4 Å². The van der Waals surface area contributed by atoms with Crippen molar-refractivity contribution in [1.82, 2.24) is 15.6 Å². The molecule has 0 spiro atoms. The summed E-state index contributed by atoms with van der Waals surface area (Å²) >= 11 is 1.45. The number of urea groups is 1. The molecule has 1 heterocycles. The number of nitro groups is 1. The maximum Gasteiger partial charge on any atom is 0.407 e. The zero-order chi connectivity index (χ0) is 27.1. The molecule has 0 atom stereocenters. The number of amides is 3. The van der Waals surface area contributed by atoms with Crippen molar-refractivity contribution in [3.63, 3.8) is 0 Å². The summed E-state index contributed by atoms with van der Waals surface area (Å²) in [5.41, 5.74) is 1.64. The average Bonchev–Trinajstić information content (AvgIpc) is 3.38. The van der Waals surface area contributed by atoms with Crippen molar-refractivity contribution < 1.29 is 19.2 Å². The fraction of sp³-hybridized carbons (Fsp3) is 0.370. The number of alkyl carbamates (subject to hydrolysis) is 1. The van der Waals surface area contributed by atoms with E-state index in [4.69, 9.17) is 4.74 Å². The molecule has 1 fully saturated rings. The second-order valence-electron chi connectivity index (χ2n) is 9.49. The third-order valence-electron chi connectivity index (χ3n) is 6.28. The molecule has 0 radical (unpaired) electrons. The molecule has 2 aromatic carbocycles. The van der Waals surface area contributed by atoms with E-state index in [0.29, 0.717) is 22.7 Å². The Morgan fingerprint density at radius 1 is 1.13 bits per heavy atom. The Morgan fingerprint density at radius 2 is 1.87 bits per heavy atom. The van der Waals surface area contributed by atoms with Crippen LogP contribution in [0.1, 0.15) is 56.0 Å². The van der Waals surface area contributed by atoms with E-state index in [1.807, 2.05) is 44.2 Å². The van der Waals surface area contributed by atoms with Crippen LogP contribution in [0, 0.1) is 10.1 Å². The van der Waals surface area contributed by atoms with Crippen LogP contribution < -0.4 is 16.0 Å². The second kappa shape index (κ2) is 12.5. The molecule has 1 saturated carbocycles. The summed E-state index contributed by atoms with van der Waals surface area (Å²) < 4.78 is 5.17. The predicted octanol–water partition coefficient (Wildman–Crippen LogP) is 6.20. The topological polar surface area (TPSA) is 135 Å². The van der Waals surface area contributed by atoms with Gasteiger partial charge in [-0.2, -0.15) is 0 Å². The van der Waals surface area contributed by atoms with Gasteiger partial charge in [0, 0.05) is 36.5 Å². The van der Waals surface area contributed by atoms with Gasteiger partial charge < -0.3 is 20.7 Å². The number of carbonyl (C=O) groups excluding carboxylic acids is 2. The lowest BCUT2D eigenvalue weighted by molar-refractivity contribution is -0.384. The van der Waals surface area contributed by atoms with Crippen LogP contribution in [-0.4, -0.2) is 34.2 Å². The van der Waals surface area contributed by atoms with E-state index in [2.05, 4.69) is 20.9 Å². The van der Waals surface area contributed by atoms with E-state index < -0.39 is 11.0 Å². The van der Waals surface area contributed by atoms with Crippen molar-refractivity contribution in [3.8, 4) is 10.4 Å². The van der Waals surface area contributed by atoms with Gasteiger partial charge in [0.05, 0.1) is 26.5 Å². The first kappa shape index (κ1) is 27.1. The molecule has 4 rings (SSSR count). The molecule has 38 heavy (non-hydrogen) atoms. The van der Waals surface area contributed by atoms with Gasteiger partial charge in [-0.25, -0.2) is 14.6 Å². The van der Waals surface area contributed by atoms with Gasteiger partial charge in [0.1, 0.15) is 0 Å². The Kier molecular flexibility index (Phi) is 8.90. The number of nitrogens with zero attached hydrogens (tertiary/aromatic N) is 2. The van der Waals surface area contributed by atoms with Crippen molar-refractivity contribution in [2.24, 2.45) is 0 Å². The SMILES string of the molecule is CC(C)OC(=O)N[C@H]1CC[C@H](c2ncc(-c3ccc(NC(=O)NCc4ccccc4)cc3[N+](=O)[O-])s2)CC1. The predicted molar refractivity (Wildman–Crippen MR) is 146 cm³/mol. The van der Waals surface area contributed by atoms with Crippen LogP contribution in [0.2, 0.25) is 0 Å². The molecule has 0 bridgehead atoms. The molecule has 11 heteroatoms. The van der Waals surface area contributed by atoms with Crippen molar-refractivity contribution in [2.75, 3.05) is 5.32 Å². The number of anilines is 1. The zero-order valence-electron chi connectivity index (χ0n) is 21.3.